The van der Waals surface area contributed by atoms with Gasteiger partial charge in [-0.25, -0.2) is 15.0 Å². The van der Waals surface area contributed by atoms with Crippen molar-refractivity contribution in [3.63, 3.8) is 0 Å². The fourth-order valence-corrected chi connectivity index (χ4v) is 11.3. The van der Waals surface area contributed by atoms with Gasteiger partial charge in [-0.3, -0.25) is 0 Å². The second kappa shape index (κ2) is 14.7. The molecule has 0 amide bonds. The van der Waals surface area contributed by atoms with E-state index in [2.05, 4.69) is 215 Å². The van der Waals surface area contributed by atoms with E-state index in [9.17, 15) is 0 Å². The minimum Gasteiger partial charge on any atom is -0.460 e. The quantitative estimate of drug-likeness (QED) is 0.173. The molecule has 0 saturated heterocycles. The second-order valence-electron chi connectivity index (χ2n) is 18.3. The molecule has 2 unspecified atom stereocenters. The van der Waals surface area contributed by atoms with Crippen LogP contribution in [0, 0.1) is 5.92 Å². The third kappa shape index (κ3) is 5.76. The lowest BCUT2D eigenvalue weighted by molar-refractivity contribution is 0.492. The van der Waals surface area contributed by atoms with Crippen molar-refractivity contribution in [3.05, 3.63) is 230 Å². The Kier molecular flexibility index (Phi) is 8.09. The van der Waals surface area contributed by atoms with Crippen molar-refractivity contribution < 1.29 is 4.42 Å². The van der Waals surface area contributed by atoms with E-state index in [1.165, 1.54) is 54.4 Å². The maximum Gasteiger partial charge on any atom is 0.164 e. The average Bonchev–Trinajstić information content (AvgIpc) is 4.07. The van der Waals surface area contributed by atoms with Gasteiger partial charge in [-0.15, -0.1) is 0 Å². The summed E-state index contributed by atoms with van der Waals surface area (Å²) in [5, 5.41) is 10.8. The zero-order valence-corrected chi connectivity index (χ0v) is 37.2. The minimum atomic E-state index is -0.00000135. The largest absolute Gasteiger partial charge is 0.460 e. The van der Waals surface area contributed by atoms with Crippen molar-refractivity contribution in [1.82, 2.24) is 24.1 Å². The molecule has 9 aromatic carbocycles. The van der Waals surface area contributed by atoms with E-state index in [0.717, 1.165) is 61.1 Å². The summed E-state index contributed by atoms with van der Waals surface area (Å²) >= 11 is 0. The van der Waals surface area contributed by atoms with Gasteiger partial charge in [-0.1, -0.05) is 158 Å². The van der Waals surface area contributed by atoms with E-state index < -0.39 is 0 Å². The summed E-state index contributed by atoms with van der Waals surface area (Å²) < 4.78 is 11.9. The van der Waals surface area contributed by atoms with Crippen LogP contribution in [0.15, 0.2) is 223 Å². The van der Waals surface area contributed by atoms with E-state index in [-0.39, 0.29) is 11.8 Å². The van der Waals surface area contributed by atoms with Gasteiger partial charge in [0.25, 0.3) is 0 Å². The Balaban J connectivity index is 0.912. The third-order valence-corrected chi connectivity index (χ3v) is 14.5. The molecule has 13 aromatic rings. The maximum absolute atomic E-state index is 7.04. The number of rotatable bonds is 5. The van der Waals surface area contributed by atoms with Crippen molar-refractivity contribution in [1.29, 1.82) is 0 Å². The topological polar surface area (TPSA) is 61.7 Å². The van der Waals surface area contributed by atoms with Gasteiger partial charge in [0.1, 0.15) is 11.3 Å². The molecule has 0 fully saturated rings. The van der Waals surface area contributed by atoms with Crippen molar-refractivity contribution in [2.24, 2.45) is 5.92 Å². The van der Waals surface area contributed by atoms with Crippen LogP contribution in [-0.2, 0) is 0 Å². The number of benzene rings is 9. The molecule has 0 N–H and O–H groups in total. The van der Waals surface area contributed by atoms with Crippen LogP contribution in [0.5, 0.6) is 0 Å². The first-order chi connectivity index (χ1) is 34.2. The Morgan fingerprint density at radius 3 is 1.81 bits per heavy atom. The highest BCUT2D eigenvalue weighted by Gasteiger charge is 2.36. The van der Waals surface area contributed by atoms with Crippen LogP contribution in [0.4, 0.5) is 0 Å². The number of para-hydroxylation sites is 2. The predicted octanol–water partition coefficient (Wildman–Crippen LogP) is 16.0. The highest BCUT2D eigenvalue weighted by Crippen LogP contribution is 2.50. The average molecular weight is 882 g/mol. The molecule has 2 aliphatic rings. The highest BCUT2D eigenvalue weighted by atomic mass is 16.3. The normalized spacial score (nSPS) is 15.5. The Morgan fingerprint density at radius 1 is 0.391 bits per heavy atom. The minimum absolute atomic E-state index is 0.00000135. The summed E-state index contributed by atoms with van der Waals surface area (Å²) in [6, 6.07) is 69.1. The van der Waals surface area contributed by atoms with E-state index in [4.69, 9.17) is 19.4 Å². The highest BCUT2D eigenvalue weighted by molar-refractivity contribution is 6.22. The molecule has 0 aliphatic heterocycles. The molecule has 0 bridgehead atoms. The number of fused-ring (bicyclic) bond motifs is 14. The van der Waals surface area contributed by atoms with E-state index in [1.807, 2.05) is 18.2 Å². The number of nitrogens with zero attached hydrogens (tertiary/aromatic N) is 5. The van der Waals surface area contributed by atoms with Crippen LogP contribution in [0.1, 0.15) is 17.2 Å². The molecular weight excluding hydrogens is 843 g/mol. The second-order valence-corrected chi connectivity index (χ2v) is 18.3. The molecule has 6 heteroatoms. The third-order valence-electron chi connectivity index (χ3n) is 14.5. The van der Waals surface area contributed by atoms with Crippen molar-refractivity contribution in [3.8, 4) is 39.9 Å². The Labute approximate surface area is 396 Å². The lowest BCUT2D eigenvalue weighted by Crippen LogP contribution is -2.20. The summed E-state index contributed by atoms with van der Waals surface area (Å²) in [7, 11) is 0. The van der Waals surface area contributed by atoms with Gasteiger partial charge in [0.15, 0.2) is 17.5 Å². The molecule has 4 aromatic heterocycles. The molecule has 0 saturated carbocycles. The van der Waals surface area contributed by atoms with Gasteiger partial charge in [0, 0.05) is 77.8 Å². The van der Waals surface area contributed by atoms with E-state index >= 15 is 0 Å². The summed E-state index contributed by atoms with van der Waals surface area (Å²) in [5.74, 6) is 2.82. The lowest BCUT2D eigenvalue weighted by atomic mass is 9.78. The first-order valence-electron chi connectivity index (χ1n) is 23.6. The van der Waals surface area contributed by atoms with Crippen LogP contribution in [0.3, 0.4) is 0 Å². The van der Waals surface area contributed by atoms with Gasteiger partial charge in [0.2, 0.25) is 0 Å². The molecule has 322 valence electrons. The molecule has 69 heavy (non-hydrogen) atoms. The fraction of sp³-hybridized carbons (Fsp3) is 0.0317. The SMILES string of the molecule is C1=CC2C(n3c4cc5ccccc5cc4c4ccc5ccccc5c43)=Cc3c(oc4cc(-c5nc(-c6ccccc6)nc(-c6ccc7c(c6)c6ccccc6n7-c6ccccc6)n5)ccc34)C2C=C1. The predicted molar refractivity (Wildman–Crippen MR) is 283 cm³/mol. The zero-order valence-electron chi connectivity index (χ0n) is 37.2. The van der Waals surface area contributed by atoms with E-state index in [0.29, 0.717) is 17.5 Å². The van der Waals surface area contributed by atoms with Crippen molar-refractivity contribution in [2.75, 3.05) is 0 Å². The molecule has 4 heterocycles. The number of hydrogen-bond donors (Lipinski definition) is 0. The summed E-state index contributed by atoms with van der Waals surface area (Å²) in [6.07, 6.45) is 11.4. The van der Waals surface area contributed by atoms with E-state index in [1.54, 1.807) is 0 Å². The fourth-order valence-electron chi connectivity index (χ4n) is 11.3. The van der Waals surface area contributed by atoms with Gasteiger partial charge >= 0.3 is 0 Å². The van der Waals surface area contributed by atoms with Gasteiger partial charge in [-0.2, -0.15) is 0 Å². The number of hydrogen-bond acceptors (Lipinski definition) is 4. The molecule has 15 rings (SSSR count). The number of allylic oxidation sites excluding steroid dienone is 5. The van der Waals surface area contributed by atoms with Crippen molar-refractivity contribution >= 4 is 87.9 Å². The van der Waals surface area contributed by atoms with Crippen LogP contribution in [-0.4, -0.2) is 24.1 Å². The van der Waals surface area contributed by atoms with Crippen LogP contribution in [0.25, 0.3) is 128 Å². The monoisotopic (exact) mass is 881 g/mol. The summed E-state index contributed by atoms with van der Waals surface area (Å²) in [5.41, 5.74) is 11.6. The Hall–Kier alpha value is -9.13. The first-order valence-corrected chi connectivity index (χ1v) is 23.6. The Bertz CT molecular complexity index is 4380. The van der Waals surface area contributed by atoms with Crippen molar-refractivity contribution in [2.45, 2.75) is 5.92 Å². The van der Waals surface area contributed by atoms with Gasteiger partial charge in [0.05, 0.1) is 22.1 Å². The molecule has 6 nitrogen and oxygen atoms in total. The molecule has 0 spiro atoms. The van der Waals surface area contributed by atoms with Gasteiger partial charge in [-0.05, 0) is 82.9 Å². The molecule has 2 atom stereocenters. The Morgan fingerprint density at radius 2 is 1.00 bits per heavy atom. The number of furan rings is 1. The van der Waals surface area contributed by atoms with Crippen LogP contribution < -0.4 is 0 Å². The van der Waals surface area contributed by atoms with Crippen LogP contribution in [0.2, 0.25) is 0 Å². The zero-order chi connectivity index (χ0) is 45.2. The van der Waals surface area contributed by atoms with Gasteiger partial charge < -0.3 is 13.6 Å². The summed E-state index contributed by atoms with van der Waals surface area (Å²) in [4.78, 5) is 15.6. The lowest BCUT2D eigenvalue weighted by Gasteiger charge is -2.31. The smallest absolute Gasteiger partial charge is 0.164 e. The molecule has 0 radical (unpaired) electrons. The molecule has 2 aliphatic carbocycles. The maximum atomic E-state index is 7.04. The first kappa shape index (κ1) is 38.0. The summed E-state index contributed by atoms with van der Waals surface area (Å²) in [6.45, 7) is 0. The molecular formula is C63H39N5O. The van der Waals surface area contributed by atoms with Crippen LogP contribution >= 0.6 is 0 Å². The number of aromatic nitrogens is 5. The standard InChI is InChI=1S/C63H39N5O/c1-3-16-39(17-4-1)61-64-62(42-29-32-55-51(34-42)47-24-13-14-26-54(47)67(55)44-20-5-2-6-21-44)66-63(65-61)43-28-30-48-53-37-57(46-23-11-12-25-50(46)60(53)69-58(48)36-43)68-56-35-41-19-8-7-18-40(41)33-52(56)49-31-27-38-15-9-10-22-45(38)59(49)68/h1-37,46,50H.